The van der Waals surface area contributed by atoms with Crippen molar-refractivity contribution in [2.24, 2.45) is 0 Å². The van der Waals surface area contributed by atoms with Crippen molar-refractivity contribution in [3.05, 3.63) is 34.9 Å². The molecule has 0 spiro atoms. The predicted molar refractivity (Wildman–Crippen MR) is 70.8 cm³/mol. The van der Waals surface area contributed by atoms with Crippen LogP contribution in [0.25, 0.3) is 0 Å². The van der Waals surface area contributed by atoms with Gasteiger partial charge >= 0.3 is 0 Å². The molecule has 4 nitrogen and oxygen atoms in total. The van der Waals surface area contributed by atoms with Crippen LogP contribution in [0.3, 0.4) is 0 Å². The molecule has 1 unspecified atom stereocenters. The van der Waals surface area contributed by atoms with Gasteiger partial charge in [-0.15, -0.1) is 0 Å². The molecule has 1 heterocycles. The van der Waals surface area contributed by atoms with Gasteiger partial charge in [0.2, 0.25) is 5.91 Å². The molecule has 0 bridgehead atoms. The summed E-state index contributed by atoms with van der Waals surface area (Å²) in [6.45, 7) is 2.48. The average Bonchev–Trinajstić information content (AvgIpc) is 2.42. The molecular weight excluding hydrogens is 252 g/mol. The third-order valence-electron chi connectivity index (χ3n) is 2.86. The second-order valence-electron chi connectivity index (χ2n) is 4.25. The molecule has 0 aliphatic carbocycles. The molecule has 1 fully saturated rings. The van der Waals surface area contributed by atoms with E-state index in [1.54, 1.807) is 0 Å². The van der Waals surface area contributed by atoms with E-state index in [4.69, 9.17) is 16.3 Å². The molecule has 2 rings (SSSR count). The van der Waals surface area contributed by atoms with Crippen molar-refractivity contribution >= 4 is 17.5 Å². The van der Waals surface area contributed by atoms with Crippen LogP contribution in [-0.4, -0.2) is 38.3 Å². The van der Waals surface area contributed by atoms with Gasteiger partial charge in [-0.05, 0) is 24.1 Å². The smallest absolute Gasteiger partial charge is 0.239 e. The molecule has 0 radical (unpaired) electrons. The third kappa shape index (κ3) is 3.98. The third-order valence-corrected chi connectivity index (χ3v) is 3.12. The maximum absolute atomic E-state index is 11.8. The van der Waals surface area contributed by atoms with Gasteiger partial charge in [-0.3, -0.25) is 4.79 Å². The summed E-state index contributed by atoms with van der Waals surface area (Å²) < 4.78 is 5.24. The Labute approximate surface area is 112 Å². The summed E-state index contributed by atoms with van der Waals surface area (Å²) >= 11 is 5.81. The van der Waals surface area contributed by atoms with Gasteiger partial charge in [-0.2, -0.15) is 0 Å². The zero-order valence-corrected chi connectivity index (χ0v) is 10.9. The Bertz CT molecular complexity index is 388. The maximum atomic E-state index is 11.8. The molecule has 1 aliphatic rings. The minimum absolute atomic E-state index is 0.00339. The standard InChI is InChI=1S/C13H17ClN2O2/c14-11-3-1-10(2-4-11)5-6-16-13(17)12-9-18-8-7-15-12/h1-4,12,15H,5-9H2,(H,16,17). The van der Waals surface area contributed by atoms with E-state index >= 15 is 0 Å². The van der Waals surface area contributed by atoms with E-state index in [0.717, 1.165) is 23.6 Å². The van der Waals surface area contributed by atoms with Gasteiger partial charge in [0.05, 0.1) is 13.2 Å². The van der Waals surface area contributed by atoms with Crippen LogP contribution in [0.1, 0.15) is 5.56 Å². The van der Waals surface area contributed by atoms with Crippen LogP contribution in [0, 0.1) is 0 Å². The van der Waals surface area contributed by atoms with E-state index in [2.05, 4.69) is 10.6 Å². The fraction of sp³-hybridized carbons (Fsp3) is 0.462. The van der Waals surface area contributed by atoms with Crippen molar-refractivity contribution in [2.45, 2.75) is 12.5 Å². The number of carbonyl (C=O) groups excluding carboxylic acids is 1. The van der Waals surface area contributed by atoms with Gasteiger partial charge in [-0.1, -0.05) is 23.7 Å². The molecule has 18 heavy (non-hydrogen) atoms. The first kappa shape index (κ1) is 13.3. The van der Waals surface area contributed by atoms with Gasteiger partial charge in [0.15, 0.2) is 0 Å². The topological polar surface area (TPSA) is 50.4 Å². The molecule has 0 aromatic heterocycles. The van der Waals surface area contributed by atoms with Crippen LogP contribution in [0.4, 0.5) is 0 Å². The maximum Gasteiger partial charge on any atom is 0.239 e. The Hall–Kier alpha value is -1.10. The average molecular weight is 269 g/mol. The van der Waals surface area contributed by atoms with Crippen molar-refractivity contribution in [1.29, 1.82) is 0 Å². The first-order valence-electron chi connectivity index (χ1n) is 6.09. The van der Waals surface area contributed by atoms with Crippen molar-refractivity contribution in [3.63, 3.8) is 0 Å². The summed E-state index contributed by atoms with van der Waals surface area (Å²) in [6, 6.07) is 7.43. The minimum atomic E-state index is -0.219. The van der Waals surface area contributed by atoms with E-state index < -0.39 is 0 Å². The summed E-state index contributed by atoms with van der Waals surface area (Å²) in [5, 5.41) is 6.75. The molecule has 0 saturated carbocycles. The lowest BCUT2D eigenvalue weighted by Crippen LogP contribution is -2.51. The fourth-order valence-electron chi connectivity index (χ4n) is 1.84. The first-order chi connectivity index (χ1) is 8.75. The Balaban J connectivity index is 1.71. The Morgan fingerprint density at radius 3 is 2.89 bits per heavy atom. The molecular formula is C13H17ClN2O2. The summed E-state index contributed by atoms with van der Waals surface area (Å²) in [5.74, 6) is 0.00339. The van der Waals surface area contributed by atoms with Crippen molar-refractivity contribution in [3.8, 4) is 0 Å². The number of benzene rings is 1. The SMILES string of the molecule is O=C(NCCc1ccc(Cl)cc1)C1COCCN1. The number of carbonyl (C=O) groups is 1. The number of morpholine rings is 1. The van der Waals surface area contributed by atoms with Gasteiger partial charge in [0, 0.05) is 18.1 Å². The summed E-state index contributed by atoms with van der Waals surface area (Å²) in [6.07, 6.45) is 0.802. The Morgan fingerprint density at radius 2 is 2.22 bits per heavy atom. The van der Waals surface area contributed by atoms with E-state index in [-0.39, 0.29) is 11.9 Å². The number of ether oxygens (including phenoxy) is 1. The highest BCUT2D eigenvalue weighted by molar-refractivity contribution is 6.30. The predicted octanol–water partition coefficient (Wildman–Crippen LogP) is 0.987. The number of nitrogens with one attached hydrogen (secondary N) is 2. The lowest BCUT2D eigenvalue weighted by Gasteiger charge is -2.22. The molecule has 1 amide bonds. The van der Waals surface area contributed by atoms with E-state index in [1.807, 2.05) is 24.3 Å². The Kier molecular flexibility index (Phi) is 4.99. The lowest BCUT2D eigenvalue weighted by molar-refractivity contribution is -0.125. The second-order valence-corrected chi connectivity index (χ2v) is 4.69. The number of halogens is 1. The lowest BCUT2D eigenvalue weighted by atomic mass is 10.1. The zero-order chi connectivity index (χ0) is 12.8. The zero-order valence-electron chi connectivity index (χ0n) is 10.1. The fourth-order valence-corrected chi connectivity index (χ4v) is 1.96. The number of hydrogen-bond acceptors (Lipinski definition) is 3. The molecule has 1 aliphatic heterocycles. The van der Waals surface area contributed by atoms with E-state index in [9.17, 15) is 4.79 Å². The largest absolute Gasteiger partial charge is 0.378 e. The van der Waals surface area contributed by atoms with Crippen molar-refractivity contribution in [1.82, 2.24) is 10.6 Å². The molecule has 98 valence electrons. The monoisotopic (exact) mass is 268 g/mol. The number of amides is 1. The Morgan fingerprint density at radius 1 is 1.44 bits per heavy atom. The normalized spacial score (nSPS) is 19.5. The molecule has 1 aromatic carbocycles. The van der Waals surface area contributed by atoms with Crippen LogP contribution in [0.2, 0.25) is 5.02 Å². The van der Waals surface area contributed by atoms with Gasteiger partial charge in [0.1, 0.15) is 6.04 Å². The van der Waals surface area contributed by atoms with Crippen LogP contribution >= 0.6 is 11.6 Å². The van der Waals surface area contributed by atoms with Crippen molar-refractivity contribution in [2.75, 3.05) is 26.3 Å². The molecule has 1 aromatic rings. The van der Waals surface area contributed by atoms with Crippen LogP contribution in [0.15, 0.2) is 24.3 Å². The van der Waals surface area contributed by atoms with E-state index in [0.29, 0.717) is 19.8 Å². The van der Waals surface area contributed by atoms with E-state index in [1.165, 1.54) is 0 Å². The van der Waals surface area contributed by atoms with Gasteiger partial charge in [0.25, 0.3) is 0 Å². The quantitative estimate of drug-likeness (QED) is 0.856. The molecule has 1 atom stereocenters. The minimum Gasteiger partial charge on any atom is -0.378 e. The second kappa shape index (κ2) is 6.73. The molecule has 2 N–H and O–H groups in total. The summed E-state index contributed by atoms with van der Waals surface area (Å²) in [7, 11) is 0. The number of hydrogen-bond donors (Lipinski definition) is 2. The highest BCUT2D eigenvalue weighted by Crippen LogP contribution is 2.09. The molecule has 1 saturated heterocycles. The number of rotatable bonds is 4. The van der Waals surface area contributed by atoms with Gasteiger partial charge in [-0.25, -0.2) is 0 Å². The summed E-state index contributed by atoms with van der Waals surface area (Å²) in [4.78, 5) is 11.8. The molecule has 5 heteroatoms. The van der Waals surface area contributed by atoms with Crippen LogP contribution in [0.5, 0.6) is 0 Å². The van der Waals surface area contributed by atoms with Crippen LogP contribution in [-0.2, 0) is 16.0 Å². The van der Waals surface area contributed by atoms with Crippen LogP contribution < -0.4 is 10.6 Å². The highest BCUT2D eigenvalue weighted by Gasteiger charge is 2.20. The van der Waals surface area contributed by atoms with Crippen molar-refractivity contribution < 1.29 is 9.53 Å². The first-order valence-corrected chi connectivity index (χ1v) is 6.47. The highest BCUT2D eigenvalue weighted by atomic mass is 35.5. The summed E-state index contributed by atoms with van der Waals surface area (Å²) in [5.41, 5.74) is 1.16. The van der Waals surface area contributed by atoms with Gasteiger partial charge < -0.3 is 15.4 Å².